The van der Waals surface area contributed by atoms with Gasteiger partial charge in [-0.25, -0.2) is 0 Å². The van der Waals surface area contributed by atoms with Crippen molar-refractivity contribution in [3.05, 3.63) is 0 Å². The van der Waals surface area contributed by atoms with Crippen molar-refractivity contribution in [1.82, 2.24) is 19.6 Å². The van der Waals surface area contributed by atoms with Crippen molar-refractivity contribution in [2.24, 2.45) is 0 Å². The van der Waals surface area contributed by atoms with Crippen LogP contribution < -0.4 is 0 Å². The molecule has 2 aliphatic heterocycles. The molecule has 0 radical (unpaired) electrons. The van der Waals surface area contributed by atoms with Crippen LogP contribution in [0.2, 0.25) is 0 Å². The van der Waals surface area contributed by atoms with Gasteiger partial charge in [-0.2, -0.15) is 0 Å². The normalized spacial score (nSPS) is 23.8. The molecule has 1 aliphatic carbocycles. The van der Waals surface area contributed by atoms with Crippen molar-refractivity contribution in [2.45, 2.75) is 37.8 Å². The Hall–Kier alpha value is -2.28. The van der Waals surface area contributed by atoms with Gasteiger partial charge in [-0.05, 0) is 12.8 Å². The maximum absolute atomic E-state index is 12.9. The molecular formula is C22H36N4O8. The lowest BCUT2D eigenvalue weighted by atomic mass is 9.87. The van der Waals surface area contributed by atoms with E-state index < -0.39 is 11.9 Å². The third kappa shape index (κ3) is 7.62. The summed E-state index contributed by atoms with van der Waals surface area (Å²) in [6, 6.07) is -0.682. The van der Waals surface area contributed by atoms with Crippen molar-refractivity contribution in [1.29, 1.82) is 0 Å². The second-order valence-electron chi connectivity index (χ2n) is 9.00. The highest BCUT2D eigenvalue weighted by Gasteiger charge is 2.38. The first-order valence-electron chi connectivity index (χ1n) is 12.0. The van der Waals surface area contributed by atoms with E-state index in [2.05, 4.69) is 0 Å². The van der Waals surface area contributed by atoms with Crippen molar-refractivity contribution >= 4 is 23.8 Å². The fourth-order valence-corrected chi connectivity index (χ4v) is 5.04. The maximum Gasteiger partial charge on any atom is 0.317 e. The van der Waals surface area contributed by atoms with Crippen LogP contribution in [0.1, 0.15) is 25.7 Å². The molecule has 0 aromatic carbocycles. The molecule has 0 bridgehead atoms. The van der Waals surface area contributed by atoms with Crippen LogP contribution in [0.15, 0.2) is 0 Å². The second-order valence-corrected chi connectivity index (χ2v) is 9.00. The summed E-state index contributed by atoms with van der Waals surface area (Å²) in [6.45, 7) is 2.89. The molecule has 12 heteroatoms. The van der Waals surface area contributed by atoms with Gasteiger partial charge in [0.25, 0.3) is 0 Å². The molecule has 3 fully saturated rings. The van der Waals surface area contributed by atoms with Crippen molar-refractivity contribution in [3.63, 3.8) is 0 Å². The summed E-state index contributed by atoms with van der Waals surface area (Å²) >= 11 is 0. The van der Waals surface area contributed by atoms with Gasteiger partial charge in [0, 0.05) is 38.3 Å². The minimum absolute atomic E-state index is 0.0637. The van der Waals surface area contributed by atoms with E-state index in [1.807, 2.05) is 0 Å². The molecule has 2 amide bonds. The zero-order valence-electron chi connectivity index (χ0n) is 19.6. The number of carbonyl (C=O) groups excluding carboxylic acids is 2. The van der Waals surface area contributed by atoms with Crippen LogP contribution in [-0.4, -0.2) is 144 Å². The lowest BCUT2D eigenvalue weighted by Crippen LogP contribution is -2.59. The summed E-state index contributed by atoms with van der Waals surface area (Å²) < 4.78 is 10.6. The van der Waals surface area contributed by atoms with Gasteiger partial charge in [-0.1, -0.05) is 12.8 Å². The summed E-state index contributed by atoms with van der Waals surface area (Å²) in [5, 5.41) is 19.1. The van der Waals surface area contributed by atoms with Crippen LogP contribution in [0.5, 0.6) is 0 Å². The minimum atomic E-state index is -1.05. The Balaban J connectivity index is 1.76. The molecule has 2 atom stereocenters. The van der Waals surface area contributed by atoms with Crippen LogP contribution in [0.3, 0.4) is 0 Å². The SMILES string of the molecule is O=C(O)CN(CC(=O)N1CCOCC1)C1CCCCC1N(CC(=O)O)CC(=O)N1CCOCC1. The summed E-state index contributed by atoms with van der Waals surface area (Å²) in [7, 11) is 0. The van der Waals surface area contributed by atoms with E-state index in [0.717, 1.165) is 12.8 Å². The number of aliphatic carboxylic acids is 2. The molecular weight excluding hydrogens is 448 g/mol. The lowest BCUT2D eigenvalue weighted by molar-refractivity contribution is -0.147. The lowest BCUT2D eigenvalue weighted by Gasteiger charge is -2.44. The molecule has 0 aromatic heterocycles. The molecule has 192 valence electrons. The Kier molecular flexibility index (Phi) is 10.1. The van der Waals surface area contributed by atoms with Crippen molar-refractivity contribution < 1.29 is 38.9 Å². The summed E-state index contributed by atoms with van der Waals surface area (Å²) in [5.74, 6) is -2.42. The Bertz CT molecular complexity index is 664. The fraction of sp³-hybridized carbons (Fsp3) is 0.818. The van der Waals surface area contributed by atoms with Gasteiger partial charge in [0.1, 0.15) is 0 Å². The second kappa shape index (κ2) is 13.0. The molecule has 2 heterocycles. The van der Waals surface area contributed by atoms with Gasteiger partial charge < -0.3 is 29.5 Å². The van der Waals surface area contributed by atoms with E-state index >= 15 is 0 Å². The topological polar surface area (TPSA) is 140 Å². The standard InChI is InChI=1S/C22H36N4O8/c27-19(23-5-9-33-10-6-23)13-25(15-21(29)30)17-3-1-2-4-18(17)26(16-22(31)32)14-20(28)24-7-11-34-12-8-24/h17-18H,1-16H2,(H,29,30)(H,31,32). The highest BCUT2D eigenvalue weighted by molar-refractivity contribution is 5.80. The predicted molar refractivity (Wildman–Crippen MR) is 119 cm³/mol. The number of morpholine rings is 2. The molecule has 2 saturated heterocycles. The van der Waals surface area contributed by atoms with Crippen LogP contribution in [0.4, 0.5) is 0 Å². The number of carboxylic acids is 2. The van der Waals surface area contributed by atoms with Crippen LogP contribution in [0, 0.1) is 0 Å². The van der Waals surface area contributed by atoms with Crippen molar-refractivity contribution in [2.75, 3.05) is 78.8 Å². The Labute approximate surface area is 199 Å². The van der Waals surface area contributed by atoms with Crippen LogP contribution in [0.25, 0.3) is 0 Å². The summed E-state index contributed by atoms with van der Waals surface area (Å²) in [4.78, 5) is 55.9. The zero-order valence-corrected chi connectivity index (χ0v) is 19.6. The monoisotopic (exact) mass is 484 g/mol. The molecule has 12 nitrogen and oxygen atoms in total. The Morgan fingerprint density at radius 3 is 1.32 bits per heavy atom. The number of carboxylic acid groups (broad SMARTS) is 2. The Morgan fingerprint density at radius 1 is 0.647 bits per heavy atom. The highest BCUT2D eigenvalue weighted by Crippen LogP contribution is 2.28. The number of amides is 2. The van der Waals surface area contributed by atoms with Gasteiger partial charge in [0.05, 0.1) is 52.6 Å². The number of nitrogens with zero attached hydrogens (tertiary/aromatic N) is 4. The molecule has 0 aromatic rings. The number of carbonyl (C=O) groups is 4. The first kappa shape index (κ1) is 26.3. The van der Waals surface area contributed by atoms with E-state index in [9.17, 15) is 29.4 Å². The van der Waals surface area contributed by atoms with E-state index in [1.54, 1.807) is 19.6 Å². The third-order valence-corrected chi connectivity index (χ3v) is 6.71. The van der Waals surface area contributed by atoms with E-state index in [1.165, 1.54) is 0 Å². The number of rotatable bonds is 10. The number of ether oxygens (including phenoxy) is 2. The molecule has 3 rings (SSSR count). The molecule has 2 N–H and O–H groups in total. The van der Waals surface area contributed by atoms with Gasteiger partial charge >= 0.3 is 11.9 Å². The van der Waals surface area contributed by atoms with E-state index in [-0.39, 0.29) is 50.1 Å². The fourth-order valence-electron chi connectivity index (χ4n) is 5.04. The molecule has 2 unspecified atom stereocenters. The third-order valence-electron chi connectivity index (χ3n) is 6.71. The minimum Gasteiger partial charge on any atom is -0.480 e. The number of hydrogen-bond acceptors (Lipinski definition) is 8. The summed E-state index contributed by atoms with van der Waals surface area (Å²) in [5.41, 5.74) is 0. The van der Waals surface area contributed by atoms with Gasteiger partial charge in [-0.15, -0.1) is 0 Å². The van der Waals surface area contributed by atoms with Gasteiger partial charge in [0.15, 0.2) is 0 Å². The zero-order chi connectivity index (χ0) is 24.5. The molecule has 34 heavy (non-hydrogen) atoms. The molecule has 3 aliphatic rings. The first-order chi connectivity index (χ1) is 16.3. The molecule has 1 saturated carbocycles. The smallest absolute Gasteiger partial charge is 0.317 e. The maximum atomic E-state index is 12.9. The average Bonchev–Trinajstić information content (AvgIpc) is 2.83. The van der Waals surface area contributed by atoms with Crippen LogP contribution in [-0.2, 0) is 28.7 Å². The quantitative estimate of drug-likeness (QED) is 0.388. The largest absolute Gasteiger partial charge is 0.480 e. The summed E-state index contributed by atoms with van der Waals surface area (Å²) in [6.07, 6.45) is 2.97. The molecule has 0 spiro atoms. The van der Waals surface area contributed by atoms with E-state index in [4.69, 9.17) is 9.47 Å². The predicted octanol–water partition coefficient (Wildman–Crippen LogP) is -1.21. The van der Waals surface area contributed by atoms with Crippen LogP contribution >= 0.6 is 0 Å². The number of hydrogen-bond donors (Lipinski definition) is 2. The van der Waals surface area contributed by atoms with E-state index in [0.29, 0.717) is 65.4 Å². The average molecular weight is 485 g/mol. The Morgan fingerprint density at radius 2 is 1.00 bits per heavy atom. The van der Waals surface area contributed by atoms with Gasteiger partial charge in [0.2, 0.25) is 11.8 Å². The van der Waals surface area contributed by atoms with Gasteiger partial charge in [-0.3, -0.25) is 29.0 Å². The first-order valence-corrected chi connectivity index (χ1v) is 12.0. The van der Waals surface area contributed by atoms with Crippen molar-refractivity contribution in [3.8, 4) is 0 Å². The highest BCUT2D eigenvalue weighted by atomic mass is 16.5.